The molecule has 4 rings (SSSR count). The number of alkyl halides is 1. The molecule has 23 heavy (non-hydrogen) atoms. The van der Waals surface area contributed by atoms with Crippen LogP contribution in [0.25, 0.3) is 0 Å². The molecule has 4 aliphatic rings. The van der Waals surface area contributed by atoms with Gasteiger partial charge >= 0.3 is 0 Å². The Morgan fingerprint density at radius 1 is 1.26 bits per heavy atom. The maximum atomic E-state index is 15.0. The first-order valence-electron chi connectivity index (χ1n) is 9.05. The summed E-state index contributed by atoms with van der Waals surface area (Å²) >= 11 is 0. The molecule has 0 unspecified atom stereocenters. The fourth-order valence-electron chi connectivity index (χ4n) is 6.21. The fraction of sp³-hybridized carbons (Fsp3) is 0.750. The van der Waals surface area contributed by atoms with Crippen LogP contribution in [0.15, 0.2) is 23.3 Å². The third kappa shape index (κ3) is 1.92. The van der Waals surface area contributed by atoms with Crippen molar-refractivity contribution in [3.05, 3.63) is 23.3 Å². The number of hydrogen-bond donors (Lipinski definition) is 1. The number of aliphatic hydroxyl groups excluding tert-OH is 1. The van der Waals surface area contributed by atoms with Crippen LogP contribution in [0.1, 0.15) is 52.9 Å². The molecule has 2 fully saturated rings. The molecule has 0 bridgehead atoms. The Hall–Kier alpha value is -0.960. The van der Waals surface area contributed by atoms with Gasteiger partial charge in [-0.2, -0.15) is 0 Å². The number of allylic oxidation sites excluding steroid dienone is 4. The molecule has 0 aliphatic heterocycles. The summed E-state index contributed by atoms with van der Waals surface area (Å²) in [5.74, 6) is 0.943. The molecule has 3 heteroatoms. The smallest absolute Gasteiger partial charge is 0.155 e. The summed E-state index contributed by atoms with van der Waals surface area (Å²) in [5, 5.41) is 10.7. The molecule has 2 nitrogen and oxygen atoms in total. The monoisotopic (exact) mass is 318 g/mol. The van der Waals surface area contributed by atoms with E-state index >= 15 is 0 Å². The van der Waals surface area contributed by atoms with Crippen LogP contribution in [0, 0.1) is 28.6 Å². The summed E-state index contributed by atoms with van der Waals surface area (Å²) in [7, 11) is 0. The van der Waals surface area contributed by atoms with Crippen LogP contribution in [0.3, 0.4) is 0 Å². The second kappa shape index (κ2) is 4.78. The van der Waals surface area contributed by atoms with Gasteiger partial charge in [-0.1, -0.05) is 32.4 Å². The number of hydrogen-bond acceptors (Lipinski definition) is 2. The molecule has 4 aliphatic carbocycles. The first-order chi connectivity index (χ1) is 10.8. The van der Waals surface area contributed by atoms with Crippen molar-refractivity contribution in [3.63, 3.8) is 0 Å². The predicted molar refractivity (Wildman–Crippen MR) is 87.5 cm³/mol. The standard InChI is InChI=1S/C20H27FO2/c1-11-8-15-13-10-17(21)16-9-12(22)4-6-19(16,2)14(13)5-7-20(15,3)18(11)23/h5,9,11,13,15,17-18,23H,4,6-8,10H2,1-3H3/t11-,13+,15-,17-,18+,19+,20-/m0/s1. The van der Waals surface area contributed by atoms with E-state index in [-0.39, 0.29) is 34.6 Å². The van der Waals surface area contributed by atoms with Crippen molar-refractivity contribution in [1.29, 1.82) is 0 Å². The van der Waals surface area contributed by atoms with Crippen molar-refractivity contribution in [2.45, 2.75) is 65.2 Å². The zero-order valence-electron chi connectivity index (χ0n) is 14.3. The van der Waals surface area contributed by atoms with Crippen molar-refractivity contribution in [1.82, 2.24) is 0 Å². The highest BCUT2D eigenvalue weighted by Crippen LogP contribution is 2.64. The number of aliphatic hydroxyl groups is 1. The highest BCUT2D eigenvalue weighted by molar-refractivity contribution is 5.92. The maximum absolute atomic E-state index is 15.0. The molecule has 0 spiro atoms. The molecule has 1 N–H and O–H groups in total. The van der Waals surface area contributed by atoms with Gasteiger partial charge in [-0.15, -0.1) is 0 Å². The van der Waals surface area contributed by atoms with Gasteiger partial charge in [0.2, 0.25) is 0 Å². The number of fused-ring (bicyclic) bond motifs is 5. The molecule has 7 atom stereocenters. The number of carbonyl (C=O) groups is 1. The van der Waals surface area contributed by atoms with E-state index in [0.29, 0.717) is 24.3 Å². The molecule has 0 amide bonds. The minimum atomic E-state index is -1.01. The fourth-order valence-corrected chi connectivity index (χ4v) is 6.21. The van der Waals surface area contributed by atoms with Crippen molar-refractivity contribution in [3.8, 4) is 0 Å². The predicted octanol–water partition coefficient (Wildman–Crippen LogP) is 3.99. The van der Waals surface area contributed by atoms with E-state index in [1.54, 1.807) is 6.08 Å². The normalized spacial score (nSPS) is 52.2. The van der Waals surface area contributed by atoms with Gasteiger partial charge in [0.15, 0.2) is 5.78 Å². The minimum absolute atomic E-state index is 0.0738. The molecule has 0 aromatic heterocycles. The average molecular weight is 318 g/mol. The zero-order valence-corrected chi connectivity index (χ0v) is 14.3. The van der Waals surface area contributed by atoms with E-state index in [1.165, 1.54) is 5.57 Å². The highest BCUT2D eigenvalue weighted by Gasteiger charge is 2.59. The average Bonchev–Trinajstić information content (AvgIpc) is 2.73. The highest BCUT2D eigenvalue weighted by atomic mass is 19.1. The molecule has 2 saturated carbocycles. The second-order valence-corrected chi connectivity index (χ2v) is 8.84. The van der Waals surface area contributed by atoms with Crippen LogP contribution in [-0.2, 0) is 4.79 Å². The second-order valence-electron chi connectivity index (χ2n) is 8.84. The molecule has 126 valence electrons. The first-order valence-corrected chi connectivity index (χ1v) is 9.05. The Morgan fingerprint density at radius 3 is 2.74 bits per heavy atom. The molecule has 0 aromatic carbocycles. The summed E-state index contributed by atoms with van der Waals surface area (Å²) in [5.41, 5.74) is 1.67. The van der Waals surface area contributed by atoms with Gasteiger partial charge in [-0.05, 0) is 55.1 Å². The van der Waals surface area contributed by atoms with Gasteiger partial charge in [-0.25, -0.2) is 4.39 Å². The van der Waals surface area contributed by atoms with E-state index < -0.39 is 6.17 Å². The Bertz CT molecular complexity index is 621. The number of ketones is 1. The van der Waals surface area contributed by atoms with Crippen molar-refractivity contribution in [2.75, 3.05) is 0 Å². The van der Waals surface area contributed by atoms with Crippen LogP contribution >= 0.6 is 0 Å². The number of halogens is 1. The van der Waals surface area contributed by atoms with Crippen LogP contribution in [0.5, 0.6) is 0 Å². The van der Waals surface area contributed by atoms with E-state index in [4.69, 9.17) is 0 Å². The maximum Gasteiger partial charge on any atom is 0.155 e. The van der Waals surface area contributed by atoms with Gasteiger partial charge in [0, 0.05) is 17.3 Å². The molecular weight excluding hydrogens is 291 g/mol. The third-order valence-corrected chi connectivity index (χ3v) is 7.59. The summed E-state index contributed by atoms with van der Waals surface area (Å²) < 4.78 is 15.0. The van der Waals surface area contributed by atoms with E-state index in [0.717, 1.165) is 19.3 Å². The molecular formula is C20H27FO2. The lowest BCUT2D eigenvalue weighted by atomic mass is 9.51. The Labute approximate surface area is 137 Å². The Kier molecular flexibility index (Phi) is 3.23. The topological polar surface area (TPSA) is 37.3 Å². The van der Waals surface area contributed by atoms with Crippen molar-refractivity contribution in [2.24, 2.45) is 28.6 Å². The van der Waals surface area contributed by atoms with Crippen LogP contribution in [0.2, 0.25) is 0 Å². The Morgan fingerprint density at radius 2 is 2.00 bits per heavy atom. The number of rotatable bonds is 0. The SMILES string of the molecule is C[C@H]1C[C@H]2[C@@H]3C[C@H](F)C4=CC(=O)CC[C@]4(C)C3=CC[C@]2(C)[C@@H]1O. The van der Waals surface area contributed by atoms with Gasteiger partial charge < -0.3 is 5.11 Å². The molecule has 0 heterocycles. The van der Waals surface area contributed by atoms with Crippen molar-refractivity contribution >= 4 is 5.78 Å². The van der Waals surface area contributed by atoms with E-state index in [9.17, 15) is 14.3 Å². The summed E-state index contributed by atoms with van der Waals surface area (Å²) in [6.07, 6.45) is 6.19. The van der Waals surface area contributed by atoms with Crippen LogP contribution in [0.4, 0.5) is 4.39 Å². The van der Waals surface area contributed by atoms with Crippen LogP contribution < -0.4 is 0 Å². The summed E-state index contributed by atoms with van der Waals surface area (Å²) in [6, 6.07) is 0. The lowest BCUT2D eigenvalue weighted by Crippen LogP contribution is -2.48. The van der Waals surface area contributed by atoms with Crippen LogP contribution in [-0.4, -0.2) is 23.2 Å². The summed E-state index contributed by atoms with van der Waals surface area (Å²) in [4.78, 5) is 11.8. The van der Waals surface area contributed by atoms with Gasteiger partial charge in [0.25, 0.3) is 0 Å². The lowest BCUT2D eigenvalue weighted by Gasteiger charge is -2.53. The van der Waals surface area contributed by atoms with Crippen molar-refractivity contribution < 1.29 is 14.3 Å². The molecule has 0 aromatic rings. The Balaban J connectivity index is 1.79. The van der Waals surface area contributed by atoms with Gasteiger partial charge in [0.05, 0.1) is 6.10 Å². The van der Waals surface area contributed by atoms with E-state index in [1.807, 2.05) is 0 Å². The molecule has 0 saturated heterocycles. The largest absolute Gasteiger partial charge is 0.392 e. The molecule has 0 radical (unpaired) electrons. The first kappa shape index (κ1) is 15.6. The van der Waals surface area contributed by atoms with Gasteiger partial charge in [0.1, 0.15) is 6.17 Å². The summed E-state index contributed by atoms with van der Waals surface area (Å²) in [6.45, 7) is 6.44. The number of carbonyl (C=O) groups excluding carboxylic acids is 1. The third-order valence-electron chi connectivity index (χ3n) is 7.59. The van der Waals surface area contributed by atoms with Gasteiger partial charge in [-0.3, -0.25) is 4.79 Å². The van der Waals surface area contributed by atoms with E-state index in [2.05, 4.69) is 26.8 Å². The zero-order chi connectivity index (χ0) is 16.6. The minimum Gasteiger partial charge on any atom is -0.392 e. The lowest BCUT2D eigenvalue weighted by molar-refractivity contribution is -0.116. The quantitative estimate of drug-likeness (QED) is 0.686.